The first-order valence-corrected chi connectivity index (χ1v) is 7.79. The Morgan fingerprint density at radius 2 is 2.10 bits per heavy atom. The maximum absolute atomic E-state index is 6.24. The fraction of sp³-hybridized carbons (Fsp3) is 0.812. The third-order valence-electron chi connectivity index (χ3n) is 4.88. The molecule has 0 saturated heterocycles. The van der Waals surface area contributed by atoms with Crippen molar-refractivity contribution in [2.45, 2.75) is 58.7 Å². The molecule has 1 saturated carbocycles. The zero-order chi connectivity index (χ0) is 14.8. The van der Waals surface area contributed by atoms with Crippen LogP contribution in [-0.2, 0) is 18.4 Å². The molecule has 0 unspecified atom stereocenters. The Bertz CT molecular complexity index is 431. The Balaban J connectivity index is 1.94. The van der Waals surface area contributed by atoms with E-state index in [2.05, 4.69) is 25.0 Å². The molecule has 0 radical (unpaired) electrons. The van der Waals surface area contributed by atoms with Gasteiger partial charge in [-0.05, 0) is 50.5 Å². The standard InChI is InChI=1S/C16H29N3O/c1-12(2)14-5-7-16(11-17,8-6-14)20-10-15-9-13(3)18-19(15)4/h9,12,14H,5-8,10-11,17H2,1-4H3. The maximum atomic E-state index is 6.24. The highest BCUT2D eigenvalue weighted by Gasteiger charge is 2.36. The zero-order valence-electron chi connectivity index (χ0n) is 13.4. The van der Waals surface area contributed by atoms with E-state index >= 15 is 0 Å². The maximum Gasteiger partial charge on any atom is 0.0892 e. The van der Waals surface area contributed by atoms with Gasteiger partial charge in [0.25, 0.3) is 0 Å². The van der Waals surface area contributed by atoms with Gasteiger partial charge in [-0.1, -0.05) is 13.8 Å². The molecule has 4 heteroatoms. The number of ether oxygens (including phenoxy) is 1. The van der Waals surface area contributed by atoms with E-state index in [1.165, 1.54) is 12.8 Å². The van der Waals surface area contributed by atoms with Gasteiger partial charge in [0, 0.05) is 13.6 Å². The Morgan fingerprint density at radius 1 is 1.45 bits per heavy atom. The summed E-state index contributed by atoms with van der Waals surface area (Å²) in [7, 11) is 1.97. The van der Waals surface area contributed by atoms with E-state index in [0.29, 0.717) is 13.2 Å². The normalized spacial score (nSPS) is 27.2. The van der Waals surface area contributed by atoms with Gasteiger partial charge in [-0.3, -0.25) is 4.68 Å². The Labute approximate surface area is 122 Å². The van der Waals surface area contributed by atoms with Crippen molar-refractivity contribution in [3.8, 4) is 0 Å². The number of nitrogens with two attached hydrogens (primary N) is 1. The van der Waals surface area contributed by atoms with Gasteiger partial charge < -0.3 is 10.5 Å². The molecule has 20 heavy (non-hydrogen) atoms. The molecule has 0 spiro atoms. The first kappa shape index (κ1) is 15.5. The largest absolute Gasteiger partial charge is 0.367 e. The molecular formula is C16H29N3O. The summed E-state index contributed by atoms with van der Waals surface area (Å²) >= 11 is 0. The van der Waals surface area contributed by atoms with Gasteiger partial charge in [0.15, 0.2) is 0 Å². The van der Waals surface area contributed by atoms with Gasteiger partial charge in [0.2, 0.25) is 0 Å². The molecule has 0 bridgehead atoms. The Kier molecular flexibility index (Phi) is 4.86. The molecule has 0 atom stereocenters. The first-order chi connectivity index (χ1) is 9.46. The molecule has 1 aliphatic carbocycles. The van der Waals surface area contributed by atoms with Crippen LogP contribution in [0.25, 0.3) is 0 Å². The fourth-order valence-corrected chi connectivity index (χ4v) is 3.27. The lowest BCUT2D eigenvalue weighted by Crippen LogP contribution is -2.44. The number of hydrogen-bond donors (Lipinski definition) is 1. The Morgan fingerprint density at radius 3 is 2.55 bits per heavy atom. The molecule has 1 aromatic rings. The third kappa shape index (κ3) is 3.41. The number of nitrogens with zero attached hydrogens (tertiary/aromatic N) is 2. The van der Waals surface area contributed by atoms with E-state index in [1.807, 2.05) is 18.7 Å². The fourth-order valence-electron chi connectivity index (χ4n) is 3.27. The van der Waals surface area contributed by atoms with E-state index in [4.69, 9.17) is 10.5 Å². The summed E-state index contributed by atoms with van der Waals surface area (Å²) in [6, 6.07) is 2.09. The van der Waals surface area contributed by atoms with Crippen molar-refractivity contribution in [3.63, 3.8) is 0 Å². The van der Waals surface area contributed by atoms with Crippen LogP contribution in [0.5, 0.6) is 0 Å². The van der Waals surface area contributed by atoms with Crippen LogP contribution in [0.2, 0.25) is 0 Å². The van der Waals surface area contributed by atoms with Crippen LogP contribution in [0.15, 0.2) is 6.07 Å². The summed E-state index contributed by atoms with van der Waals surface area (Å²) < 4.78 is 8.14. The third-order valence-corrected chi connectivity index (χ3v) is 4.88. The first-order valence-electron chi connectivity index (χ1n) is 7.79. The van der Waals surface area contributed by atoms with Crippen LogP contribution in [0, 0.1) is 18.8 Å². The predicted molar refractivity (Wildman–Crippen MR) is 81.3 cm³/mol. The number of rotatable bonds is 5. The van der Waals surface area contributed by atoms with Crippen LogP contribution in [0.3, 0.4) is 0 Å². The number of aryl methyl sites for hydroxylation is 2. The molecule has 2 N–H and O–H groups in total. The second-order valence-electron chi connectivity index (χ2n) is 6.66. The summed E-state index contributed by atoms with van der Waals surface area (Å²) in [6.07, 6.45) is 4.64. The van der Waals surface area contributed by atoms with Crippen molar-refractivity contribution in [1.29, 1.82) is 0 Å². The van der Waals surface area contributed by atoms with Gasteiger partial charge in [-0.2, -0.15) is 5.10 Å². The summed E-state index contributed by atoms with van der Waals surface area (Å²) in [4.78, 5) is 0. The quantitative estimate of drug-likeness (QED) is 0.901. The molecule has 2 rings (SSSR count). The topological polar surface area (TPSA) is 53.1 Å². The van der Waals surface area contributed by atoms with Crippen LogP contribution < -0.4 is 5.73 Å². The molecule has 1 heterocycles. The minimum absolute atomic E-state index is 0.121. The lowest BCUT2D eigenvalue weighted by Gasteiger charge is -2.40. The summed E-state index contributed by atoms with van der Waals surface area (Å²) in [5.74, 6) is 1.60. The summed E-state index contributed by atoms with van der Waals surface area (Å²) in [5, 5.41) is 4.36. The molecular weight excluding hydrogens is 250 g/mol. The number of aromatic nitrogens is 2. The lowest BCUT2D eigenvalue weighted by molar-refractivity contribution is -0.0858. The van der Waals surface area contributed by atoms with Crippen LogP contribution in [0.1, 0.15) is 50.9 Å². The van der Waals surface area contributed by atoms with E-state index < -0.39 is 0 Å². The van der Waals surface area contributed by atoms with Gasteiger partial charge >= 0.3 is 0 Å². The van der Waals surface area contributed by atoms with E-state index in [1.54, 1.807) is 0 Å². The molecule has 0 aliphatic heterocycles. The van der Waals surface area contributed by atoms with Crippen molar-refractivity contribution in [1.82, 2.24) is 9.78 Å². The Hall–Kier alpha value is -0.870. The molecule has 0 aromatic carbocycles. The average Bonchev–Trinajstić information content (AvgIpc) is 2.75. The molecule has 1 fully saturated rings. The minimum atomic E-state index is -0.121. The van der Waals surface area contributed by atoms with Crippen LogP contribution >= 0.6 is 0 Å². The van der Waals surface area contributed by atoms with Crippen molar-refractivity contribution < 1.29 is 4.74 Å². The second kappa shape index (κ2) is 6.27. The van der Waals surface area contributed by atoms with Gasteiger partial charge in [0.05, 0.1) is 23.6 Å². The van der Waals surface area contributed by atoms with E-state index in [0.717, 1.165) is 36.1 Å². The lowest BCUT2D eigenvalue weighted by atomic mass is 9.74. The van der Waals surface area contributed by atoms with Crippen LogP contribution in [-0.4, -0.2) is 21.9 Å². The number of hydrogen-bond acceptors (Lipinski definition) is 3. The van der Waals surface area contributed by atoms with Crippen molar-refractivity contribution in [3.05, 3.63) is 17.5 Å². The van der Waals surface area contributed by atoms with Gasteiger partial charge in [-0.25, -0.2) is 0 Å². The zero-order valence-corrected chi connectivity index (χ0v) is 13.4. The average molecular weight is 279 g/mol. The highest BCUT2D eigenvalue weighted by Crippen LogP contribution is 2.38. The minimum Gasteiger partial charge on any atom is -0.367 e. The molecule has 1 aliphatic rings. The van der Waals surface area contributed by atoms with Gasteiger partial charge in [0.1, 0.15) is 0 Å². The van der Waals surface area contributed by atoms with E-state index in [-0.39, 0.29) is 5.60 Å². The molecule has 114 valence electrons. The highest BCUT2D eigenvalue weighted by molar-refractivity contribution is 5.07. The molecule has 4 nitrogen and oxygen atoms in total. The summed E-state index contributed by atoms with van der Waals surface area (Å²) in [5.41, 5.74) is 8.06. The SMILES string of the molecule is Cc1cc(COC2(CN)CCC(C(C)C)CC2)n(C)n1. The van der Waals surface area contributed by atoms with Crippen molar-refractivity contribution >= 4 is 0 Å². The van der Waals surface area contributed by atoms with Crippen molar-refractivity contribution in [2.24, 2.45) is 24.6 Å². The second-order valence-corrected chi connectivity index (χ2v) is 6.66. The predicted octanol–water partition coefficient (Wildman–Crippen LogP) is 2.79. The van der Waals surface area contributed by atoms with Gasteiger partial charge in [-0.15, -0.1) is 0 Å². The smallest absolute Gasteiger partial charge is 0.0892 e. The molecule has 1 aromatic heterocycles. The highest BCUT2D eigenvalue weighted by atomic mass is 16.5. The molecule has 0 amide bonds. The van der Waals surface area contributed by atoms with Crippen molar-refractivity contribution in [2.75, 3.05) is 6.54 Å². The van der Waals surface area contributed by atoms with Crippen LogP contribution in [0.4, 0.5) is 0 Å². The van der Waals surface area contributed by atoms with E-state index in [9.17, 15) is 0 Å². The monoisotopic (exact) mass is 279 g/mol. The summed E-state index contributed by atoms with van der Waals surface area (Å²) in [6.45, 7) is 7.88.